The lowest BCUT2D eigenvalue weighted by molar-refractivity contribution is 1.36. The Morgan fingerprint density at radius 2 is 1.83 bits per heavy atom. The third-order valence-corrected chi connectivity index (χ3v) is 4.75. The monoisotopic (exact) mass is 392 g/mol. The number of allylic oxidation sites excluding steroid dienone is 3. The Kier molecular flexibility index (Phi) is 5.37. The summed E-state index contributed by atoms with van der Waals surface area (Å²) in [5, 5.41) is 12.1. The Morgan fingerprint density at radius 1 is 1.08 bits per heavy atom. The molecule has 0 radical (unpaired) electrons. The Balaban J connectivity index is 1.82. The molecule has 2 nitrogen and oxygen atoms in total. The zero-order valence-electron chi connectivity index (χ0n) is 12.7. The molecule has 0 aliphatic heterocycles. The minimum absolute atomic E-state index is 0.565. The van der Waals surface area contributed by atoms with Gasteiger partial charge in [-0.1, -0.05) is 70.5 Å². The van der Waals surface area contributed by atoms with E-state index in [1.807, 2.05) is 72.1 Å². The van der Waals surface area contributed by atoms with Gasteiger partial charge in [0.15, 0.2) is 0 Å². The van der Waals surface area contributed by atoms with Crippen molar-refractivity contribution in [3.05, 3.63) is 87.2 Å². The zero-order valence-corrected chi connectivity index (χ0v) is 15.1. The molecule has 0 fully saturated rings. The van der Waals surface area contributed by atoms with Crippen LogP contribution in [0.25, 0.3) is 22.9 Å². The number of hydrogen-bond acceptors (Lipinski definition) is 3. The third kappa shape index (κ3) is 4.08. The van der Waals surface area contributed by atoms with Crippen molar-refractivity contribution in [2.24, 2.45) is 0 Å². The van der Waals surface area contributed by atoms with Crippen molar-refractivity contribution < 1.29 is 0 Å². The van der Waals surface area contributed by atoms with Crippen LogP contribution in [0.15, 0.2) is 76.6 Å². The van der Waals surface area contributed by atoms with Gasteiger partial charge in [-0.25, -0.2) is 4.98 Å². The first-order chi connectivity index (χ1) is 11.8. The van der Waals surface area contributed by atoms with Crippen LogP contribution >= 0.6 is 27.3 Å². The van der Waals surface area contributed by atoms with Crippen LogP contribution < -0.4 is 0 Å². The molecule has 116 valence electrons. The second-order valence-electron chi connectivity index (χ2n) is 5.01. The van der Waals surface area contributed by atoms with E-state index in [0.29, 0.717) is 5.57 Å². The second kappa shape index (κ2) is 7.87. The first-order valence-corrected chi connectivity index (χ1v) is 8.99. The largest absolute Gasteiger partial charge is 0.235 e. The maximum absolute atomic E-state index is 9.40. The minimum Gasteiger partial charge on any atom is -0.235 e. The van der Waals surface area contributed by atoms with Gasteiger partial charge >= 0.3 is 0 Å². The smallest absolute Gasteiger partial charge is 0.134 e. The van der Waals surface area contributed by atoms with Gasteiger partial charge in [-0.05, 0) is 23.8 Å². The highest BCUT2D eigenvalue weighted by Gasteiger charge is 2.08. The molecule has 0 saturated carbocycles. The number of rotatable bonds is 4. The lowest BCUT2D eigenvalue weighted by Crippen LogP contribution is -1.82. The summed E-state index contributed by atoms with van der Waals surface area (Å²) in [6.07, 6.45) is 5.66. The highest BCUT2D eigenvalue weighted by molar-refractivity contribution is 9.10. The van der Waals surface area contributed by atoms with Gasteiger partial charge in [0.25, 0.3) is 0 Å². The fraction of sp³-hybridized carbons (Fsp3) is 0. The van der Waals surface area contributed by atoms with Gasteiger partial charge in [-0.15, -0.1) is 11.3 Å². The summed E-state index contributed by atoms with van der Waals surface area (Å²) in [5.41, 5.74) is 3.59. The Bertz CT molecular complexity index is 916. The van der Waals surface area contributed by atoms with Gasteiger partial charge in [-0.3, -0.25) is 0 Å². The first kappa shape index (κ1) is 16.4. The molecule has 2 aromatic carbocycles. The van der Waals surface area contributed by atoms with Gasteiger partial charge in [0.2, 0.25) is 0 Å². The number of nitrogens with zero attached hydrogens (tertiary/aromatic N) is 2. The molecule has 0 saturated heterocycles. The van der Waals surface area contributed by atoms with Crippen molar-refractivity contribution in [2.45, 2.75) is 0 Å². The van der Waals surface area contributed by atoms with E-state index < -0.39 is 0 Å². The van der Waals surface area contributed by atoms with E-state index in [-0.39, 0.29) is 0 Å². The molecule has 24 heavy (non-hydrogen) atoms. The number of thiazole rings is 1. The minimum atomic E-state index is 0.565. The molecule has 1 aromatic heterocycles. The molecule has 3 rings (SSSR count). The van der Waals surface area contributed by atoms with Crippen molar-refractivity contribution in [3.8, 4) is 17.3 Å². The van der Waals surface area contributed by atoms with E-state index in [4.69, 9.17) is 0 Å². The first-order valence-electron chi connectivity index (χ1n) is 7.31. The van der Waals surface area contributed by atoms with Crippen molar-refractivity contribution in [2.75, 3.05) is 0 Å². The van der Waals surface area contributed by atoms with Crippen molar-refractivity contribution >= 4 is 38.9 Å². The Labute approximate surface area is 153 Å². The van der Waals surface area contributed by atoms with Crippen molar-refractivity contribution in [3.63, 3.8) is 0 Å². The maximum atomic E-state index is 9.40. The summed E-state index contributed by atoms with van der Waals surface area (Å²) in [7, 11) is 0. The fourth-order valence-electron chi connectivity index (χ4n) is 2.13. The molecule has 0 unspecified atom stereocenters. The van der Waals surface area contributed by atoms with E-state index in [9.17, 15) is 5.26 Å². The van der Waals surface area contributed by atoms with E-state index in [0.717, 1.165) is 26.3 Å². The second-order valence-corrected chi connectivity index (χ2v) is 6.78. The van der Waals surface area contributed by atoms with Crippen molar-refractivity contribution in [1.82, 2.24) is 4.98 Å². The quantitative estimate of drug-likeness (QED) is 0.391. The van der Waals surface area contributed by atoms with E-state index in [2.05, 4.69) is 27.0 Å². The van der Waals surface area contributed by atoms with Crippen LogP contribution in [0, 0.1) is 11.3 Å². The molecular weight excluding hydrogens is 380 g/mol. The number of halogens is 1. The lowest BCUT2D eigenvalue weighted by Gasteiger charge is -1.96. The van der Waals surface area contributed by atoms with Gasteiger partial charge < -0.3 is 0 Å². The number of hydrogen-bond donors (Lipinski definition) is 0. The number of aromatic nitrogens is 1. The topological polar surface area (TPSA) is 36.7 Å². The molecule has 0 amide bonds. The summed E-state index contributed by atoms with van der Waals surface area (Å²) in [6, 6.07) is 20.2. The van der Waals surface area contributed by atoms with E-state index in [1.165, 1.54) is 11.3 Å². The van der Waals surface area contributed by atoms with Crippen LogP contribution in [0.1, 0.15) is 10.6 Å². The fourth-order valence-corrected chi connectivity index (χ4v) is 3.19. The maximum Gasteiger partial charge on any atom is 0.134 e. The highest BCUT2D eigenvalue weighted by Crippen LogP contribution is 2.27. The molecule has 3 aromatic rings. The molecule has 0 atom stereocenters. The molecule has 0 spiro atoms. The summed E-state index contributed by atoms with van der Waals surface area (Å²) in [4.78, 5) is 4.59. The van der Waals surface area contributed by atoms with Crippen LogP contribution in [-0.4, -0.2) is 4.98 Å². The summed E-state index contributed by atoms with van der Waals surface area (Å²) >= 11 is 4.91. The zero-order chi connectivity index (χ0) is 16.8. The summed E-state index contributed by atoms with van der Waals surface area (Å²) in [5.74, 6) is 0. The molecular formula is C20H13BrN2S. The van der Waals surface area contributed by atoms with Gasteiger partial charge in [-0.2, -0.15) is 5.26 Å². The molecule has 0 N–H and O–H groups in total. The summed E-state index contributed by atoms with van der Waals surface area (Å²) < 4.78 is 1.03. The molecule has 0 aliphatic carbocycles. The average Bonchev–Trinajstić information content (AvgIpc) is 3.10. The molecule has 0 aliphatic rings. The molecule has 4 heteroatoms. The number of benzene rings is 2. The van der Waals surface area contributed by atoms with Crippen LogP contribution in [0.5, 0.6) is 0 Å². The third-order valence-electron chi connectivity index (χ3n) is 3.35. The molecule has 1 heterocycles. The highest BCUT2D eigenvalue weighted by atomic mass is 79.9. The Morgan fingerprint density at radius 3 is 2.54 bits per heavy atom. The molecule has 0 bridgehead atoms. The van der Waals surface area contributed by atoms with Crippen LogP contribution in [-0.2, 0) is 0 Å². The predicted octanol–water partition coefficient (Wildman–Crippen LogP) is 6.19. The number of nitriles is 1. The normalized spacial score (nSPS) is 11.6. The van der Waals surface area contributed by atoms with E-state index in [1.54, 1.807) is 6.08 Å². The van der Waals surface area contributed by atoms with Crippen LogP contribution in [0.4, 0.5) is 0 Å². The van der Waals surface area contributed by atoms with Gasteiger partial charge in [0.05, 0.1) is 11.3 Å². The Hall–Kier alpha value is -2.48. The average molecular weight is 393 g/mol. The predicted molar refractivity (Wildman–Crippen MR) is 104 cm³/mol. The van der Waals surface area contributed by atoms with Crippen LogP contribution in [0.2, 0.25) is 0 Å². The van der Waals surface area contributed by atoms with Gasteiger partial charge in [0.1, 0.15) is 11.1 Å². The SMILES string of the molecule is N#C/C(=C\C=C\c1ccccc1)c1nc(-c2ccc(Br)cc2)cs1. The standard InChI is InChI=1S/C20H13BrN2S/c21-18-11-9-16(10-12-18)19-14-24-20(23-19)17(13-22)8-4-7-15-5-2-1-3-6-15/h1-12,14H/b7-4+,17-8+. The summed E-state index contributed by atoms with van der Waals surface area (Å²) in [6.45, 7) is 0. The van der Waals surface area contributed by atoms with Crippen LogP contribution in [0.3, 0.4) is 0 Å². The lowest BCUT2D eigenvalue weighted by atomic mass is 10.2. The van der Waals surface area contributed by atoms with Gasteiger partial charge in [0, 0.05) is 15.4 Å². The van der Waals surface area contributed by atoms with E-state index >= 15 is 0 Å². The van der Waals surface area contributed by atoms with Crippen molar-refractivity contribution in [1.29, 1.82) is 5.26 Å².